The molecule has 0 spiro atoms. The van der Waals surface area contributed by atoms with Gasteiger partial charge in [-0.1, -0.05) is 12.1 Å². The topological polar surface area (TPSA) is 89.9 Å². The van der Waals surface area contributed by atoms with Gasteiger partial charge in [0.1, 0.15) is 0 Å². The van der Waals surface area contributed by atoms with Gasteiger partial charge >= 0.3 is 0 Å². The Morgan fingerprint density at radius 3 is 1.96 bits per heavy atom. The molecule has 2 amide bonds. The molecule has 28 heavy (non-hydrogen) atoms. The summed E-state index contributed by atoms with van der Waals surface area (Å²) in [7, 11) is 0. The fraction of sp³-hybridized carbons (Fsp3) is 0.455. The molecular weight excluding hydrogens is 356 g/mol. The van der Waals surface area contributed by atoms with Gasteiger partial charge in [-0.3, -0.25) is 14.9 Å². The van der Waals surface area contributed by atoms with Gasteiger partial charge in [-0.05, 0) is 56.7 Å². The molecule has 1 heterocycles. The second kappa shape index (κ2) is 9.66. The van der Waals surface area contributed by atoms with Crippen LogP contribution in [0.4, 0.5) is 5.69 Å². The monoisotopic (exact) mass is 384 g/mol. The predicted octanol–water partition coefficient (Wildman–Crippen LogP) is 2.86. The van der Waals surface area contributed by atoms with Crippen molar-refractivity contribution >= 4 is 28.3 Å². The first-order valence-electron chi connectivity index (χ1n) is 10.1. The molecule has 0 bridgehead atoms. The molecule has 0 aromatic heterocycles. The lowest BCUT2D eigenvalue weighted by molar-refractivity contribution is 0.0845. The van der Waals surface area contributed by atoms with Crippen LogP contribution in [0.25, 0.3) is 10.8 Å². The van der Waals surface area contributed by atoms with Crippen LogP contribution in [-0.4, -0.2) is 48.3 Å². The summed E-state index contributed by atoms with van der Waals surface area (Å²) >= 11 is 0. The zero-order valence-electron chi connectivity index (χ0n) is 16.1. The van der Waals surface area contributed by atoms with Crippen molar-refractivity contribution in [2.45, 2.75) is 38.5 Å². The third-order valence-electron chi connectivity index (χ3n) is 5.25. The first-order chi connectivity index (χ1) is 13.7. The average molecular weight is 384 g/mol. The van der Waals surface area contributed by atoms with Crippen molar-refractivity contribution in [2.75, 3.05) is 31.2 Å². The number of carbonyl (C=O) groups excluding carboxylic acids is 2. The van der Waals surface area contributed by atoms with Crippen molar-refractivity contribution in [3.63, 3.8) is 0 Å². The van der Waals surface area contributed by atoms with Gasteiger partial charge in [-0.2, -0.15) is 0 Å². The first kappa shape index (κ1) is 20.3. The van der Waals surface area contributed by atoms with E-state index in [1.54, 1.807) is 12.1 Å². The van der Waals surface area contributed by atoms with Crippen LogP contribution in [0.15, 0.2) is 30.3 Å². The number of amides is 2. The van der Waals surface area contributed by atoms with E-state index in [4.69, 9.17) is 10.2 Å². The molecule has 6 heteroatoms. The predicted molar refractivity (Wildman–Crippen MR) is 110 cm³/mol. The smallest absolute Gasteiger partial charge is 0.258 e. The minimum Gasteiger partial charge on any atom is -0.396 e. The molecule has 3 rings (SSSR count). The van der Waals surface area contributed by atoms with Gasteiger partial charge in [0.05, 0.1) is 0 Å². The Hall–Kier alpha value is -2.44. The van der Waals surface area contributed by atoms with Crippen molar-refractivity contribution in [3.8, 4) is 0 Å². The molecule has 1 aliphatic rings. The summed E-state index contributed by atoms with van der Waals surface area (Å²) in [5.41, 5.74) is 2.10. The van der Waals surface area contributed by atoms with Gasteiger partial charge in [0.2, 0.25) is 0 Å². The molecule has 0 fully saturated rings. The molecule has 0 aliphatic carbocycles. The molecular formula is C22H28N2O4. The maximum Gasteiger partial charge on any atom is 0.258 e. The average Bonchev–Trinajstić information content (AvgIpc) is 2.70. The van der Waals surface area contributed by atoms with Gasteiger partial charge in [0.25, 0.3) is 11.8 Å². The largest absolute Gasteiger partial charge is 0.396 e. The van der Waals surface area contributed by atoms with Gasteiger partial charge < -0.3 is 15.1 Å². The number of hydrogen-bond acceptors (Lipinski definition) is 5. The van der Waals surface area contributed by atoms with Crippen LogP contribution in [0.1, 0.15) is 59.2 Å². The number of carbonyl (C=O) groups is 2. The van der Waals surface area contributed by atoms with Crippen molar-refractivity contribution in [3.05, 3.63) is 41.5 Å². The summed E-state index contributed by atoms with van der Waals surface area (Å²) in [6.45, 7) is 2.10. The minimum atomic E-state index is -0.349. The highest BCUT2D eigenvalue weighted by atomic mass is 16.3. The summed E-state index contributed by atoms with van der Waals surface area (Å²) in [6.07, 6.45) is 5.40. The van der Waals surface area contributed by atoms with Gasteiger partial charge in [-0.25, -0.2) is 0 Å². The molecule has 6 nitrogen and oxygen atoms in total. The van der Waals surface area contributed by atoms with Gasteiger partial charge in [0, 0.05) is 53.9 Å². The number of benzene rings is 2. The maximum absolute atomic E-state index is 12.3. The third-order valence-corrected chi connectivity index (χ3v) is 5.25. The number of imide groups is 1. The van der Waals surface area contributed by atoms with Crippen molar-refractivity contribution in [2.24, 2.45) is 0 Å². The molecule has 0 unspecified atom stereocenters. The molecule has 1 aliphatic heterocycles. The van der Waals surface area contributed by atoms with Crippen LogP contribution in [0.3, 0.4) is 0 Å². The van der Waals surface area contributed by atoms with Crippen LogP contribution in [0.5, 0.6) is 0 Å². The Labute approximate surface area is 165 Å². The molecule has 0 saturated carbocycles. The minimum absolute atomic E-state index is 0.203. The van der Waals surface area contributed by atoms with E-state index in [2.05, 4.69) is 10.2 Å². The van der Waals surface area contributed by atoms with E-state index in [9.17, 15) is 9.59 Å². The van der Waals surface area contributed by atoms with Crippen LogP contribution >= 0.6 is 0 Å². The lowest BCUT2D eigenvalue weighted by atomic mass is 9.93. The number of nitrogens with zero attached hydrogens (tertiary/aromatic N) is 1. The van der Waals surface area contributed by atoms with Gasteiger partial charge in [0.15, 0.2) is 0 Å². The Kier molecular flexibility index (Phi) is 7.01. The lowest BCUT2D eigenvalue weighted by Crippen LogP contribution is -2.35. The summed E-state index contributed by atoms with van der Waals surface area (Å²) in [6, 6.07) is 9.35. The zero-order valence-corrected chi connectivity index (χ0v) is 16.1. The number of aliphatic hydroxyl groups excluding tert-OH is 2. The van der Waals surface area contributed by atoms with Crippen LogP contribution < -0.4 is 10.2 Å². The van der Waals surface area contributed by atoms with Crippen LogP contribution in [0.2, 0.25) is 0 Å². The molecule has 0 radical (unpaired) electrons. The van der Waals surface area contributed by atoms with Crippen LogP contribution in [-0.2, 0) is 0 Å². The third kappa shape index (κ3) is 4.34. The van der Waals surface area contributed by atoms with Crippen molar-refractivity contribution in [1.29, 1.82) is 0 Å². The van der Waals surface area contributed by atoms with Gasteiger partial charge in [-0.15, -0.1) is 0 Å². The standard InChI is InChI=1S/C22H28N2O4/c25-14-5-1-3-12-24(13-4-2-6-15-26)19-11-10-18-20-16(19)8-7-9-17(20)21(27)23-22(18)28/h7-11,25-26H,1-6,12-15H2,(H,23,27,28). The lowest BCUT2D eigenvalue weighted by Gasteiger charge is -2.28. The Morgan fingerprint density at radius 1 is 0.750 bits per heavy atom. The number of nitrogens with one attached hydrogen (secondary N) is 1. The second-order valence-electron chi connectivity index (χ2n) is 7.20. The fourth-order valence-electron chi connectivity index (χ4n) is 3.82. The van der Waals surface area contributed by atoms with E-state index in [1.807, 2.05) is 18.2 Å². The number of anilines is 1. The molecule has 0 saturated heterocycles. The highest BCUT2D eigenvalue weighted by Crippen LogP contribution is 2.34. The fourth-order valence-corrected chi connectivity index (χ4v) is 3.82. The normalized spacial score (nSPS) is 13.1. The summed E-state index contributed by atoms with van der Waals surface area (Å²) in [4.78, 5) is 26.8. The van der Waals surface area contributed by atoms with E-state index in [0.29, 0.717) is 11.1 Å². The van der Waals surface area contributed by atoms with E-state index in [-0.39, 0.29) is 25.0 Å². The molecule has 2 aromatic carbocycles. The van der Waals surface area contributed by atoms with E-state index < -0.39 is 0 Å². The quantitative estimate of drug-likeness (QED) is 0.409. The second-order valence-corrected chi connectivity index (χ2v) is 7.20. The molecule has 150 valence electrons. The Balaban J connectivity index is 1.94. The van der Waals surface area contributed by atoms with Crippen molar-refractivity contribution in [1.82, 2.24) is 5.32 Å². The molecule has 0 atom stereocenters. The summed E-state index contributed by atoms with van der Waals surface area (Å²) < 4.78 is 0. The van der Waals surface area contributed by atoms with E-state index in [1.165, 1.54) is 0 Å². The molecule has 2 aromatic rings. The number of rotatable bonds is 11. The zero-order chi connectivity index (χ0) is 19.9. The maximum atomic E-state index is 12.3. The van der Waals surface area contributed by atoms with E-state index in [0.717, 1.165) is 68.1 Å². The first-order valence-corrected chi connectivity index (χ1v) is 10.1. The van der Waals surface area contributed by atoms with E-state index >= 15 is 0 Å². The SMILES string of the molecule is O=C1NC(=O)c2ccc(N(CCCCCO)CCCCCO)c3cccc1c23. The number of unbranched alkanes of at least 4 members (excludes halogenated alkanes) is 4. The summed E-state index contributed by atoms with van der Waals surface area (Å²) in [5, 5.41) is 22.1. The Morgan fingerprint density at radius 2 is 1.36 bits per heavy atom. The number of aliphatic hydroxyl groups is 2. The van der Waals surface area contributed by atoms with Crippen molar-refractivity contribution < 1.29 is 19.8 Å². The molecule has 3 N–H and O–H groups in total. The van der Waals surface area contributed by atoms with Crippen LogP contribution in [0, 0.1) is 0 Å². The highest BCUT2D eigenvalue weighted by molar-refractivity contribution is 6.26. The number of hydrogen-bond donors (Lipinski definition) is 3. The summed E-state index contributed by atoms with van der Waals surface area (Å²) in [5.74, 6) is -0.699. The highest BCUT2D eigenvalue weighted by Gasteiger charge is 2.26. The Bertz CT molecular complexity index is 818.